The smallest absolute Gasteiger partial charge is 0.408 e. The van der Waals surface area contributed by atoms with Gasteiger partial charge in [0.25, 0.3) is 0 Å². The van der Waals surface area contributed by atoms with Gasteiger partial charge in [-0.3, -0.25) is 4.79 Å². The van der Waals surface area contributed by atoms with Gasteiger partial charge in [-0.15, -0.1) is 0 Å². The number of ketones is 1. The van der Waals surface area contributed by atoms with Gasteiger partial charge in [0.15, 0.2) is 5.78 Å². The normalized spacial score (nSPS) is 16.9. The van der Waals surface area contributed by atoms with Gasteiger partial charge in [-0.1, -0.05) is 43.8 Å². The summed E-state index contributed by atoms with van der Waals surface area (Å²) in [6.45, 7) is 4.26. The van der Waals surface area contributed by atoms with Crippen LogP contribution in [0.25, 0.3) is 0 Å². The van der Waals surface area contributed by atoms with Crippen molar-refractivity contribution in [2.75, 3.05) is 32.0 Å². The molecule has 2 atom stereocenters. The number of carbonyl (C=O) groups excluding carboxylic acids is 2. The molecule has 0 spiro atoms. The third kappa shape index (κ3) is 7.96. The number of Topliss-reactive ketones (excluding diaryl/α,β-unsaturated/α-hetero) is 1. The predicted molar refractivity (Wildman–Crippen MR) is 134 cm³/mol. The average Bonchev–Trinajstić information content (AvgIpc) is 3.31. The molecule has 9 nitrogen and oxygen atoms in total. The number of sulfonamides is 1. The van der Waals surface area contributed by atoms with E-state index in [1.165, 1.54) is 24.3 Å². The fourth-order valence-corrected chi connectivity index (χ4v) is 5.93. The zero-order chi connectivity index (χ0) is 25.4. The fourth-order valence-electron chi connectivity index (χ4n) is 3.41. The van der Waals surface area contributed by atoms with Crippen molar-refractivity contribution in [3.63, 3.8) is 0 Å². The summed E-state index contributed by atoms with van der Waals surface area (Å²) >= 11 is 1.12. The molecule has 0 bridgehead atoms. The van der Waals surface area contributed by atoms with E-state index in [1.807, 2.05) is 32.0 Å². The van der Waals surface area contributed by atoms with Gasteiger partial charge in [-0.25, -0.2) is 13.2 Å². The Bertz CT molecular complexity index is 1090. The van der Waals surface area contributed by atoms with Crippen LogP contribution in [0.5, 0.6) is 0 Å². The van der Waals surface area contributed by atoms with E-state index in [0.717, 1.165) is 21.0 Å². The first-order valence-corrected chi connectivity index (χ1v) is 13.6. The number of anilines is 1. The molecule has 2 aromatic rings. The lowest BCUT2D eigenvalue weighted by atomic mass is 10.2. The first-order valence-electron chi connectivity index (χ1n) is 11.3. The van der Waals surface area contributed by atoms with Crippen LogP contribution in [-0.4, -0.2) is 62.4 Å². The van der Waals surface area contributed by atoms with Crippen LogP contribution in [0.2, 0.25) is 0 Å². The maximum Gasteiger partial charge on any atom is 0.408 e. The number of ether oxygens (including phenoxy) is 2. The molecule has 2 aromatic carbocycles. The largest absolute Gasteiger partial charge is 0.444 e. The molecule has 0 aliphatic carbocycles. The third-order valence-electron chi connectivity index (χ3n) is 5.12. The van der Waals surface area contributed by atoms with Gasteiger partial charge in [0.05, 0.1) is 24.7 Å². The molecule has 1 amide bonds. The van der Waals surface area contributed by atoms with E-state index in [4.69, 9.17) is 15.2 Å². The number of carbonyl (C=O) groups is 2. The molecule has 3 rings (SSSR count). The molecule has 0 unspecified atom stereocenters. The second-order valence-electron chi connectivity index (χ2n) is 8.57. The van der Waals surface area contributed by atoms with Crippen molar-refractivity contribution in [2.45, 2.75) is 41.5 Å². The number of thioether (sulfide) groups is 1. The summed E-state index contributed by atoms with van der Waals surface area (Å²) in [6.07, 6.45) is -0.547. The maximum absolute atomic E-state index is 13.4. The molecular weight excluding hydrogens is 490 g/mol. The molecule has 0 radical (unpaired) electrons. The van der Waals surface area contributed by atoms with Crippen molar-refractivity contribution >= 4 is 39.3 Å². The van der Waals surface area contributed by atoms with Crippen LogP contribution in [0.15, 0.2) is 64.4 Å². The fraction of sp³-hybridized carbons (Fsp3) is 0.417. The molecule has 1 fully saturated rings. The summed E-state index contributed by atoms with van der Waals surface area (Å²) in [5.74, 6) is -0.509. The molecule has 0 aromatic heterocycles. The van der Waals surface area contributed by atoms with Crippen molar-refractivity contribution in [1.82, 2.24) is 9.62 Å². The monoisotopic (exact) mass is 521 g/mol. The van der Waals surface area contributed by atoms with E-state index in [9.17, 15) is 18.0 Å². The summed E-state index contributed by atoms with van der Waals surface area (Å²) in [5.41, 5.74) is 6.14. The van der Waals surface area contributed by atoms with Crippen molar-refractivity contribution in [3.05, 3.63) is 54.6 Å². The van der Waals surface area contributed by atoms with Crippen LogP contribution in [0.4, 0.5) is 10.5 Å². The van der Waals surface area contributed by atoms with E-state index in [1.54, 1.807) is 12.1 Å². The number of rotatable bonds is 11. The summed E-state index contributed by atoms with van der Waals surface area (Å²) in [5, 5.41) is 1.56. The highest BCUT2D eigenvalue weighted by molar-refractivity contribution is 8.00. The van der Waals surface area contributed by atoms with Crippen molar-refractivity contribution in [1.29, 1.82) is 0 Å². The average molecular weight is 522 g/mol. The summed E-state index contributed by atoms with van der Waals surface area (Å²) in [4.78, 5) is 26.7. The molecule has 11 heteroatoms. The summed E-state index contributed by atoms with van der Waals surface area (Å²) in [7, 11) is -3.97. The van der Waals surface area contributed by atoms with Crippen LogP contribution in [0, 0.1) is 5.92 Å². The SMILES string of the molecule is CC(C)CN(CC(=O)[C@H](NC(=O)O[C@H]1CCOC1)Sc1ccccc1)S(=O)(=O)c1ccc(N)cc1. The molecule has 1 saturated heterocycles. The number of alkyl carbamates (subject to hydrolysis) is 1. The second-order valence-corrected chi connectivity index (χ2v) is 11.7. The highest BCUT2D eigenvalue weighted by Crippen LogP contribution is 2.25. The number of benzene rings is 2. The predicted octanol–water partition coefficient (Wildman–Crippen LogP) is 3.12. The summed E-state index contributed by atoms with van der Waals surface area (Å²) < 4.78 is 38.4. The van der Waals surface area contributed by atoms with Crippen molar-refractivity contribution in [2.24, 2.45) is 5.92 Å². The Kier molecular flexibility index (Phi) is 9.55. The van der Waals surface area contributed by atoms with Gasteiger partial charge in [0.2, 0.25) is 10.0 Å². The quantitative estimate of drug-likeness (QED) is 0.262. The Labute approximate surface area is 210 Å². The van der Waals surface area contributed by atoms with Gasteiger partial charge >= 0.3 is 6.09 Å². The Balaban J connectivity index is 1.80. The molecule has 1 heterocycles. The molecule has 3 N–H and O–H groups in total. The van der Waals surface area contributed by atoms with Crippen LogP contribution in [0.1, 0.15) is 20.3 Å². The van der Waals surface area contributed by atoms with E-state index >= 15 is 0 Å². The Hall–Kier alpha value is -2.60. The number of nitrogens with one attached hydrogen (secondary N) is 1. The first kappa shape index (κ1) is 27.0. The molecule has 0 saturated carbocycles. The molecule has 190 valence electrons. The first-order chi connectivity index (χ1) is 16.6. The Morgan fingerprint density at radius 3 is 2.46 bits per heavy atom. The Morgan fingerprint density at radius 2 is 1.86 bits per heavy atom. The van der Waals surface area contributed by atoms with Crippen molar-refractivity contribution < 1.29 is 27.5 Å². The molecule has 1 aliphatic heterocycles. The van der Waals surface area contributed by atoms with Gasteiger partial charge in [-0.2, -0.15) is 4.31 Å². The van der Waals surface area contributed by atoms with Crippen LogP contribution in [-0.2, 0) is 24.3 Å². The van der Waals surface area contributed by atoms with Gasteiger partial charge in [0.1, 0.15) is 11.5 Å². The highest BCUT2D eigenvalue weighted by atomic mass is 32.2. The van der Waals surface area contributed by atoms with E-state index in [2.05, 4.69) is 5.32 Å². The van der Waals surface area contributed by atoms with Gasteiger partial charge in [-0.05, 0) is 42.3 Å². The van der Waals surface area contributed by atoms with Gasteiger partial charge in [0, 0.05) is 23.5 Å². The number of hydrogen-bond acceptors (Lipinski definition) is 8. The van der Waals surface area contributed by atoms with E-state index in [-0.39, 0.29) is 23.5 Å². The van der Waals surface area contributed by atoms with Crippen LogP contribution >= 0.6 is 11.8 Å². The second kappa shape index (κ2) is 12.4. The molecule has 35 heavy (non-hydrogen) atoms. The minimum atomic E-state index is -3.97. The lowest BCUT2D eigenvalue weighted by Gasteiger charge is -2.26. The lowest BCUT2D eigenvalue weighted by Crippen LogP contribution is -2.46. The maximum atomic E-state index is 13.4. The number of nitrogen functional groups attached to an aromatic ring is 1. The minimum absolute atomic E-state index is 0.0353. The number of nitrogens with two attached hydrogens (primary N) is 1. The number of amides is 1. The highest BCUT2D eigenvalue weighted by Gasteiger charge is 2.32. The zero-order valence-electron chi connectivity index (χ0n) is 19.8. The van der Waals surface area contributed by atoms with Crippen molar-refractivity contribution in [3.8, 4) is 0 Å². The third-order valence-corrected chi connectivity index (χ3v) is 8.11. The van der Waals surface area contributed by atoms with E-state index < -0.39 is 33.8 Å². The number of hydrogen-bond donors (Lipinski definition) is 2. The Morgan fingerprint density at radius 1 is 1.17 bits per heavy atom. The van der Waals surface area contributed by atoms with Crippen LogP contribution < -0.4 is 11.1 Å². The van der Waals surface area contributed by atoms with Gasteiger partial charge < -0.3 is 20.5 Å². The van der Waals surface area contributed by atoms with Crippen LogP contribution in [0.3, 0.4) is 0 Å². The topological polar surface area (TPSA) is 128 Å². The lowest BCUT2D eigenvalue weighted by molar-refractivity contribution is -0.119. The summed E-state index contributed by atoms with van der Waals surface area (Å²) in [6, 6.07) is 14.9. The zero-order valence-corrected chi connectivity index (χ0v) is 21.4. The minimum Gasteiger partial charge on any atom is -0.444 e. The van der Waals surface area contributed by atoms with E-state index in [0.29, 0.717) is 25.3 Å². The molecule has 1 aliphatic rings. The molecular formula is C24H31N3O6S2. The standard InChI is InChI=1S/C24H31N3O6S2/c1-17(2)14-27(35(30,31)21-10-8-18(25)9-11-21)15-22(28)23(34-20-6-4-3-5-7-20)26-24(29)33-19-12-13-32-16-19/h3-11,17,19,23H,12-16,25H2,1-2H3,(H,26,29)/t19-,23+/m0/s1. The number of nitrogens with zero attached hydrogens (tertiary/aromatic N) is 1.